The molecule has 0 rings (SSSR count). The summed E-state index contributed by atoms with van der Waals surface area (Å²) < 4.78 is 0. The first-order chi connectivity index (χ1) is 7.01. The SMILES string of the molecule is CCC(C)(CO)CNC(CC)(CC)CO. The summed E-state index contributed by atoms with van der Waals surface area (Å²) in [6.07, 6.45) is 2.75. The van der Waals surface area contributed by atoms with Gasteiger partial charge in [0.2, 0.25) is 0 Å². The first-order valence-corrected chi connectivity index (χ1v) is 5.98. The molecule has 0 fully saturated rings. The van der Waals surface area contributed by atoms with Crippen LogP contribution in [0.2, 0.25) is 0 Å². The number of aliphatic hydroxyl groups excluding tert-OH is 2. The molecule has 3 N–H and O–H groups in total. The highest BCUT2D eigenvalue weighted by molar-refractivity contribution is 4.87. The Hall–Kier alpha value is -0.120. The Labute approximate surface area is 93.9 Å². The molecule has 0 aliphatic heterocycles. The molecule has 3 nitrogen and oxygen atoms in total. The highest BCUT2D eigenvalue weighted by Gasteiger charge is 2.29. The summed E-state index contributed by atoms with van der Waals surface area (Å²) in [6, 6.07) is 0. The Morgan fingerprint density at radius 2 is 1.47 bits per heavy atom. The van der Waals surface area contributed by atoms with Crippen LogP contribution in [-0.2, 0) is 0 Å². The van der Waals surface area contributed by atoms with E-state index in [9.17, 15) is 10.2 Å². The van der Waals surface area contributed by atoms with E-state index < -0.39 is 0 Å². The normalized spacial score (nSPS) is 16.4. The van der Waals surface area contributed by atoms with Crippen molar-refractivity contribution in [3.63, 3.8) is 0 Å². The van der Waals surface area contributed by atoms with Crippen LogP contribution in [0.15, 0.2) is 0 Å². The summed E-state index contributed by atoms with van der Waals surface area (Å²) in [4.78, 5) is 0. The maximum atomic E-state index is 9.39. The average molecular weight is 217 g/mol. The second kappa shape index (κ2) is 6.46. The van der Waals surface area contributed by atoms with Crippen LogP contribution in [0.25, 0.3) is 0 Å². The van der Waals surface area contributed by atoms with Gasteiger partial charge in [0.15, 0.2) is 0 Å². The van der Waals surface area contributed by atoms with Gasteiger partial charge in [-0.05, 0) is 19.3 Å². The molecular weight excluding hydrogens is 190 g/mol. The van der Waals surface area contributed by atoms with E-state index in [1.807, 2.05) is 0 Å². The Morgan fingerprint density at radius 3 is 1.73 bits per heavy atom. The van der Waals surface area contributed by atoms with E-state index in [0.717, 1.165) is 25.8 Å². The molecule has 0 aliphatic carbocycles. The fourth-order valence-corrected chi connectivity index (χ4v) is 1.47. The lowest BCUT2D eigenvalue weighted by molar-refractivity contribution is 0.0961. The maximum Gasteiger partial charge on any atom is 0.0613 e. The first kappa shape index (κ1) is 14.9. The van der Waals surface area contributed by atoms with Crippen LogP contribution in [0.3, 0.4) is 0 Å². The monoisotopic (exact) mass is 217 g/mol. The topological polar surface area (TPSA) is 52.5 Å². The van der Waals surface area contributed by atoms with E-state index in [-0.39, 0.29) is 24.2 Å². The van der Waals surface area contributed by atoms with Crippen molar-refractivity contribution in [3.8, 4) is 0 Å². The van der Waals surface area contributed by atoms with Crippen LogP contribution in [0.5, 0.6) is 0 Å². The summed E-state index contributed by atoms with van der Waals surface area (Å²) in [5.74, 6) is 0. The van der Waals surface area contributed by atoms with Crippen LogP contribution in [0.4, 0.5) is 0 Å². The molecule has 1 unspecified atom stereocenters. The molecule has 0 aromatic heterocycles. The standard InChI is InChI=1S/C12H27NO2/c1-5-11(4,9-14)8-13-12(6-2,7-3)10-15/h13-15H,5-10H2,1-4H3. The molecule has 0 aromatic carbocycles. The minimum Gasteiger partial charge on any atom is -0.396 e. The smallest absolute Gasteiger partial charge is 0.0613 e. The van der Waals surface area contributed by atoms with E-state index in [1.165, 1.54) is 0 Å². The molecule has 0 spiro atoms. The van der Waals surface area contributed by atoms with E-state index >= 15 is 0 Å². The van der Waals surface area contributed by atoms with Crippen molar-refractivity contribution in [1.82, 2.24) is 5.32 Å². The van der Waals surface area contributed by atoms with E-state index in [4.69, 9.17) is 0 Å². The second-order valence-corrected chi connectivity index (χ2v) is 4.82. The zero-order valence-corrected chi connectivity index (χ0v) is 10.6. The van der Waals surface area contributed by atoms with Crippen molar-refractivity contribution >= 4 is 0 Å². The molecule has 15 heavy (non-hydrogen) atoms. The van der Waals surface area contributed by atoms with Crippen molar-refractivity contribution in [2.75, 3.05) is 19.8 Å². The Morgan fingerprint density at radius 1 is 0.933 bits per heavy atom. The molecule has 3 heteroatoms. The van der Waals surface area contributed by atoms with E-state index in [2.05, 4.69) is 33.0 Å². The summed E-state index contributed by atoms with van der Waals surface area (Å²) >= 11 is 0. The second-order valence-electron chi connectivity index (χ2n) is 4.82. The predicted octanol–water partition coefficient (Wildman–Crippen LogP) is 1.54. The highest BCUT2D eigenvalue weighted by Crippen LogP contribution is 2.22. The Balaban J connectivity index is 4.32. The van der Waals surface area contributed by atoms with Crippen LogP contribution in [0, 0.1) is 5.41 Å². The van der Waals surface area contributed by atoms with E-state index in [0.29, 0.717) is 0 Å². The van der Waals surface area contributed by atoms with Gasteiger partial charge in [-0.1, -0.05) is 27.7 Å². The van der Waals surface area contributed by atoms with Crippen molar-refractivity contribution in [1.29, 1.82) is 0 Å². The fourth-order valence-electron chi connectivity index (χ4n) is 1.47. The predicted molar refractivity (Wildman–Crippen MR) is 63.9 cm³/mol. The summed E-state index contributed by atoms with van der Waals surface area (Å²) in [6.45, 7) is 9.40. The highest BCUT2D eigenvalue weighted by atomic mass is 16.3. The molecular formula is C12H27NO2. The first-order valence-electron chi connectivity index (χ1n) is 5.98. The summed E-state index contributed by atoms with van der Waals surface area (Å²) in [5, 5.41) is 22.1. The summed E-state index contributed by atoms with van der Waals surface area (Å²) in [5.41, 5.74) is -0.254. The lowest BCUT2D eigenvalue weighted by atomic mass is 9.86. The molecule has 0 amide bonds. The molecule has 0 aliphatic rings. The van der Waals surface area contributed by atoms with Crippen LogP contribution in [0.1, 0.15) is 47.0 Å². The summed E-state index contributed by atoms with van der Waals surface area (Å²) in [7, 11) is 0. The van der Waals surface area contributed by atoms with Crippen LogP contribution in [-0.4, -0.2) is 35.5 Å². The molecule has 1 atom stereocenters. The number of hydrogen-bond acceptors (Lipinski definition) is 3. The molecule has 0 heterocycles. The van der Waals surface area contributed by atoms with Gasteiger partial charge in [-0.3, -0.25) is 0 Å². The van der Waals surface area contributed by atoms with Crippen molar-refractivity contribution < 1.29 is 10.2 Å². The Kier molecular flexibility index (Phi) is 6.41. The zero-order valence-electron chi connectivity index (χ0n) is 10.6. The van der Waals surface area contributed by atoms with Gasteiger partial charge in [-0.25, -0.2) is 0 Å². The van der Waals surface area contributed by atoms with Gasteiger partial charge in [-0.2, -0.15) is 0 Å². The van der Waals surface area contributed by atoms with Gasteiger partial charge >= 0.3 is 0 Å². The minimum absolute atomic E-state index is 0.0786. The van der Waals surface area contributed by atoms with Gasteiger partial charge in [0, 0.05) is 24.1 Å². The third-order valence-corrected chi connectivity index (χ3v) is 3.78. The van der Waals surface area contributed by atoms with Gasteiger partial charge in [0.25, 0.3) is 0 Å². The molecule has 92 valence electrons. The molecule has 0 radical (unpaired) electrons. The average Bonchev–Trinajstić information content (AvgIpc) is 2.31. The Bertz CT molecular complexity index is 155. The quantitative estimate of drug-likeness (QED) is 0.578. The lowest BCUT2D eigenvalue weighted by Crippen LogP contribution is -2.51. The lowest BCUT2D eigenvalue weighted by Gasteiger charge is -2.36. The molecule has 0 saturated carbocycles. The fraction of sp³-hybridized carbons (Fsp3) is 1.00. The van der Waals surface area contributed by atoms with Gasteiger partial charge in [0.1, 0.15) is 0 Å². The van der Waals surface area contributed by atoms with Crippen molar-refractivity contribution in [2.24, 2.45) is 5.41 Å². The van der Waals surface area contributed by atoms with Gasteiger partial charge in [-0.15, -0.1) is 0 Å². The zero-order chi connectivity index (χ0) is 11.9. The third kappa shape index (κ3) is 4.09. The van der Waals surface area contributed by atoms with E-state index in [1.54, 1.807) is 0 Å². The van der Waals surface area contributed by atoms with Crippen molar-refractivity contribution in [2.45, 2.75) is 52.5 Å². The number of rotatable bonds is 8. The molecule has 0 saturated heterocycles. The van der Waals surface area contributed by atoms with Crippen LogP contribution >= 0.6 is 0 Å². The third-order valence-electron chi connectivity index (χ3n) is 3.78. The molecule has 0 aromatic rings. The largest absolute Gasteiger partial charge is 0.396 e. The maximum absolute atomic E-state index is 9.39. The van der Waals surface area contributed by atoms with Gasteiger partial charge in [0.05, 0.1) is 6.61 Å². The van der Waals surface area contributed by atoms with Gasteiger partial charge < -0.3 is 15.5 Å². The number of nitrogens with one attached hydrogen (secondary N) is 1. The minimum atomic E-state index is -0.175. The van der Waals surface area contributed by atoms with Crippen molar-refractivity contribution in [3.05, 3.63) is 0 Å². The number of aliphatic hydroxyl groups is 2. The van der Waals surface area contributed by atoms with Crippen LogP contribution < -0.4 is 5.32 Å². The number of hydrogen-bond donors (Lipinski definition) is 3. The molecule has 0 bridgehead atoms.